The van der Waals surface area contributed by atoms with E-state index in [1.807, 2.05) is 42.5 Å². The number of oxazole rings is 1. The van der Waals surface area contributed by atoms with E-state index in [1.54, 1.807) is 17.0 Å². The number of nitrogens with zero attached hydrogens (tertiary/aromatic N) is 2. The average Bonchev–Trinajstić information content (AvgIpc) is 3.84. The molecule has 2 heterocycles. The van der Waals surface area contributed by atoms with Gasteiger partial charge in [-0.05, 0) is 94.4 Å². The van der Waals surface area contributed by atoms with Gasteiger partial charge < -0.3 is 29.8 Å². The van der Waals surface area contributed by atoms with Gasteiger partial charge in [0.15, 0.2) is 11.4 Å². The van der Waals surface area contributed by atoms with Crippen molar-refractivity contribution >= 4 is 34.7 Å². The van der Waals surface area contributed by atoms with Gasteiger partial charge in [-0.25, -0.2) is 9.78 Å². The molecule has 1 aliphatic heterocycles. The highest BCUT2D eigenvalue weighted by Crippen LogP contribution is 2.31. The lowest BCUT2D eigenvalue weighted by molar-refractivity contribution is -0.139. The van der Waals surface area contributed by atoms with Gasteiger partial charge in [0.25, 0.3) is 5.89 Å². The molecule has 2 aliphatic carbocycles. The number of Topliss-reactive ketones (excluding diaryl/α,β-unsaturated/α-hetero) is 2. The highest BCUT2D eigenvalue weighted by Gasteiger charge is 2.44. The topological polar surface area (TPSA) is 154 Å². The molecule has 54 heavy (non-hydrogen) atoms. The number of unbranched alkanes of at least 4 members (excludes halogenated alkanes) is 1. The number of aromatic nitrogens is 1. The highest BCUT2D eigenvalue weighted by atomic mass is 16.6. The first-order valence-electron chi connectivity index (χ1n) is 20.4. The van der Waals surface area contributed by atoms with E-state index in [-0.39, 0.29) is 48.5 Å². The Morgan fingerprint density at radius 3 is 2.33 bits per heavy atom. The van der Waals surface area contributed by atoms with Crippen LogP contribution in [0.4, 0.5) is 4.79 Å². The molecule has 4 atom stereocenters. The number of nitrogens with one attached hydrogen (secondary N) is 1. The molecule has 2 aromatic carbocycles. The smallest absolute Gasteiger partial charge is 0.408 e. The molecule has 0 spiro atoms. The normalized spacial score (nSPS) is 20.8. The summed E-state index contributed by atoms with van der Waals surface area (Å²) in [4.78, 5) is 62.4. The molecule has 3 N–H and O–H groups in total. The third-order valence-electron chi connectivity index (χ3n) is 11.5. The highest BCUT2D eigenvalue weighted by molar-refractivity contribution is 6.00. The first-order valence-corrected chi connectivity index (χ1v) is 20.4. The summed E-state index contributed by atoms with van der Waals surface area (Å²) in [5, 5.41) is 2.91. The number of amides is 2. The number of aryl methyl sites for hydroxylation is 1. The van der Waals surface area contributed by atoms with Crippen molar-refractivity contribution in [2.24, 2.45) is 17.6 Å². The minimum atomic E-state index is -0.907. The van der Waals surface area contributed by atoms with Gasteiger partial charge in [-0.1, -0.05) is 74.6 Å². The fourth-order valence-corrected chi connectivity index (χ4v) is 8.41. The third-order valence-corrected chi connectivity index (χ3v) is 11.5. The van der Waals surface area contributed by atoms with Crippen LogP contribution in [0.25, 0.3) is 11.1 Å². The van der Waals surface area contributed by atoms with E-state index in [0.717, 1.165) is 50.5 Å². The number of para-hydroxylation sites is 2. The number of rotatable bonds is 18. The molecule has 2 amide bonds. The van der Waals surface area contributed by atoms with Crippen LogP contribution in [0.5, 0.6) is 0 Å². The van der Waals surface area contributed by atoms with Crippen molar-refractivity contribution in [3.8, 4) is 0 Å². The summed E-state index contributed by atoms with van der Waals surface area (Å²) < 4.78 is 18.1. The molecule has 3 aromatic rings. The molecule has 11 nitrogen and oxygen atoms in total. The Morgan fingerprint density at radius 1 is 0.870 bits per heavy atom. The van der Waals surface area contributed by atoms with E-state index >= 15 is 0 Å². The summed E-state index contributed by atoms with van der Waals surface area (Å²) in [6.07, 6.45) is 12.5. The zero-order valence-electron chi connectivity index (χ0n) is 31.6. The maximum atomic E-state index is 14.7. The van der Waals surface area contributed by atoms with Crippen LogP contribution in [0.3, 0.4) is 0 Å². The second-order valence-electron chi connectivity index (χ2n) is 15.6. The van der Waals surface area contributed by atoms with Gasteiger partial charge in [0.05, 0.1) is 12.1 Å². The van der Waals surface area contributed by atoms with Crippen LogP contribution in [-0.2, 0) is 25.5 Å². The Bertz CT molecular complexity index is 1630. The monoisotopic (exact) mass is 742 g/mol. The van der Waals surface area contributed by atoms with Gasteiger partial charge in [0.2, 0.25) is 11.7 Å². The number of fused-ring (bicyclic) bond motifs is 1. The second kappa shape index (κ2) is 20.0. The van der Waals surface area contributed by atoms with Crippen molar-refractivity contribution in [3.63, 3.8) is 0 Å². The third kappa shape index (κ3) is 11.0. The number of alkyl carbamates (subject to hydrolysis) is 1. The Hall–Kier alpha value is -4.09. The standard InChI is InChI=1S/C43H58N4O7/c44-25-13-12-18-32(40(49)41-45-35-21-10-11-22-39(35)54-41)26-38(48)37-27-34(52-29-31-16-6-2-7-17-31)28-47(37)42(50)36(24-23-30-14-4-1-5-15-30)46-43(51)53-33-19-8-3-9-20-33/h1,4-5,10-11,14-15,21-22,31-34,36-37H,2-3,6-9,12-13,16-20,23-29,44H2,(H,46,51)/t32-,34-,36-,37+/m1/s1. The van der Waals surface area contributed by atoms with Gasteiger partial charge >= 0.3 is 6.09 Å². The fraction of sp³-hybridized carbons (Fsp3) is 0.605. The fourth-order valence-electron chi connectivity index (χ4n) is 8.41. The van der Waals surface area contributed by atoms with Gasteiger partial charge in [-0.15, -0.1) is 0 Å². The Labute approximate surface area is 319 Å². The number of ether oxygens (including phenoxy) is 2. The number of carbonyl (C=O) groups excluding carboxylic acids is 4. The molecule has 1 saturated heterocycles. The van der Waals surface area contributed by atoms with Gasteiger partial charge in [-0.2, -0.15) is 0 Å². The van der Waals surface area contributed by atoms with Gasteiger partial charge in [0.1, 0.15) is 17.7 Å². The molecule has 2 saturated carbocycles. The summed E-state index contributed by atoms with van der Waals surface area (Å²) >= 11 is 0. The van der Waals surface area contributed by atoms with Crippen molar-refractivity contribution in [3.05, 3.63) is 66.1 Å². The summed E-state index contributed by atoms with van der Waals surface area (Å²) in [6, 6.07) is 15.3. The van der Waals surface area contributed by atoms with E-state index in [9.17, 15) is 19.2 Å². The van der Waals surface area contributed by atoms with Crippen LogP contribution >= 0.6 is 0 Å². The first-order chi connectivity index (χ1) is 26.4. The maximum absolute atomic E-state index is 14.7. The quantitative estimate of drug-likeness (QED) is 0.101. The van der Waals surface area contributed by atoms with Crippen molar-refractivity contribution in [2.45, 2.75) is 133 Å². The summed E-state index contributed by atoms with van der Waals surface area (Å²) in [6.45, 7) is 1.30. The van der Waals surface area contributed by atoms with Crippen LogP contribution in [-0.4, -0.2) is 77.4 Å². The molecule has 3 fully saturated rings. The largest absolute Gasteiger partial charge is 0.446 e. The van der Waals surface area contributed by atoms with Crippen molar-refractivity contribution in [1.82, 2.24) is 15.2 Å². The van der Waals surface area contributed by atoms with E-state index in [2.05, 4.69) is 10.3 Å². The van der Waals surface area contributed by atoms with E-state index in [0.29, 0.717) is 68.7 Å². The molecule has 0 unspecified atom stereocenters. The molecule has 3 aliphatic rings. The Balaban J connectivity index is 1.21. The summed E-state index contributed by atoms with van der Waals surface area (Å²) in [5.74, 6) is -1.11. The average molecular weight is 743 g/mol. The zero-order valence-corrected chi connectivity index (χ0v) is 31.6. The number of hydrogen-bond donors (Lipinski definition) is 2. The maximum Gasteiger partial charge on any atom is 0.408 e. The molecule has 0 bridgehead atoms. The predicted octanol–water partition coefficient (Wildman–Crippen LogP) is 7.34. The minimum absolute atomic E-state index is 0.0172. The molecule has 6 rings (SSSR count). The summed E-state index contributed by atoms with van der Waals surface area (Å²) in [5.41, 5.74) is 7.93. The van der Waals surface area contributed by atoms with Crippen LogP contribution in [0.2, 0.25) is 0 Å². The number of benzene rings is 2. The lowest BCUT2D eigenvalue weighted by Gasteiger charge is -2.30. The van der Waals surface area contributed by atoms with Crippen LogP contribution in [0.1, 0.15) is 119 Å². The molecular weight excluding hydrogens is 684 g/mol. The van der Waals surface area contributed by atoms with Crippen LogP contribution in [0, 0.1) is 11.8 Å². The molecular formula is C43H58N4O7. The van der Waals surface area contributed by atoms with Crippen molar-refractivity contribution < 1.29 is 33.1 Å². The van der Waals surface area contributed by atoms with Crippen molar-refractivity contribution in [2.75, 3.05) is 19.7 Å². The molecule has 1 aromatic heterocycles. The van der Waals surface area contributed by atoms with Crippen LogP contribution < -0.4 is 11.1 Å². The predicted molar refractivity (Wildman–Crippen MR) is 206 cm³/mol. The van der Waals surface area contributed by atoms with Crippen molar-refractivity contribution in [1.29, 1.82) is 0 Å². The Kier molecular flexibility index (Phi) is 14.7. The lowest BCUT2D eigenvalue weighted by Crippen LogP contribution is -2.52. The van der Waals surface area contributed by atoms with Crippen LogP contribution in [0.15, 0.2) is 59.0 Å². The SMILES string of the molecule is NCCCC[C@H](CC(=O)[C@@H]1C[C@@H](OCC2CCCCC2)CN1C(=O)[C@@H](CCc1ccccc1)NC(=O)OC1CCCCC1)C(=O)c1nc2ccccc2o1. The lowest BCUT2D eigenvalue weighted by atomic mass is 9.89. The van der Waals surface area contributed by atoms with Gasteiger partial charge in [-0.3, -0.25) is 14.4 Å². The minimum Gasteiger partial charge on any atom is -0.446 e. The number of nitrogens with two attached hydrogens (primary N) is 1. The summed E-state index contributed by atoms with van der Waals surface area (Å²) in [7, 11) is 0. The number of ketones is 2. The Morgan fingerprint density at radius 2 is 1.59 bits per heavy atom. The number of carbonyl (C=O) groups is 4. The second-order valence-corrected chi connectivity index (χ2v) is 15.6. The zero-order chi connectivity index (χ0) is 37.7. The number of likely N-dealkylation sites (tertiary alicyclic amines) is 1. The first kappa shape index (κ1) is 39.6. The van der Waals surface area contributed by atoms with E-state index in [4.69, 9.17) is 19.6 Å². The number of hydrogen-bond acceptors (Lipinski definition) is 9. The molecule has 0 radical (unpaired) electrons. The van der Waals surface area contributed by atoms with Gasteiger partial charge in [0, 0.05) is 31.9 Å². The van der Waals surface area contributed by atoms with E-state index in [1.165, 1.54) is 19.3 Å². The van der Waals surface area contributed by atoms with E-state index < -0.39 is 24.1 Å². The molecule has 11 heteroatoms. The molecule has 292 valence electrons.